The van der Waals surface area contributed by atoms with Crippen molar-refractivity contribution in [1.29, 1.82) is 0 Å². The van der Waals surface area contributed by atoms with Crippen LogP contribution in [-0.4, -0.2) is 30.9 Å². The zero-order valence-electron chi connectivity index (χ0n) is 8.43. The number of aromatic nitrogens is 1. The van der Waals surface area contributed by atoms with Crippen LogP contribution in [0.4, 0.5) is 14.6 Å². The van der Waals surface area contributed by atoms with Crippen molar-refractivity contribution in [2.75, 3.05) is 18.9 Å². The van der Waals surface area contributed by atoms with Gasteiger partial charge in [0, 0.05) is 13.2 Å². The van der Waals surface area contributed by atoms with E-state index in [4.69, 9.17) is 11.6 Å². The maximum absolute atomic E-state index is 11.8. The fourth-order valence-electron chi connectivity index (χ4n) is 1.02. The lowest BCUT2D eigenvalue weighted by Crippen LogP contribution is -2.28. The van der Waals surface area contributed by atoms with Gasteiger partial charge >= 0.3 is 0 Å². The van der Waals surface area contributed by atoms with E-state index in [1.807, 2.05) is 0 Å². The number of hydrogen-bond donors (Lipinski definition) is 2. The number of hydrogen-bond acceptors (Lipinski definition) is 3. The van der Waals surface area contributed by atoms with E-state index in [-0.39, 0.29) is 10.6 Å². The van der Waals surface area contributed by atoms with Gasteiger partial charge < -0.3 is 10.6 Å². The van der Waals surface area contributed by atoms with Gasteiger partial charge in [-0.3, -0.25) is 4.79 Å². The molecule has 0 bridgehead atoms. The Morgan fingerprint density at radius 3 is 2.81 bits per heavy atom. The highest BCUT2D eigenvalue weighted by Crippen LogP contribution is 2.19. The minimum atomic E-state index is -2.58. The molecule has 0 fully saturated rings. The Hall–Kier alpha value is -1.43. The minimum Gasteiger partial charge on any atom is -0.372 e. The molecule has 0 aliphatic rings. The van der Waals surface area contributed by atoms with Gasteiger partial charge in [0.05, 0.1) is 17.1 Å². The van der Waals surface area contributed by atoms with Crippen molar-refractivity contribution in [3.63, 3.8) is 0 Å². The molecule has 0 aromatic carbocycles. The highest BCUT2D eigenvalue weighted by atomic mass is 35.5. The SMILES string of the molecule is CNc1ncc(C(=O)NCC(F)F)cc1Cl. The van der Waals surface area contributed by atoms with Crippen LogP contribution < -0.4 is 10.6 Å². The lowest BCUT2D eigenvalue weighted by atomic mass is 10.2. The first-order valence-corrected chi connectivity index (χ1v) is 4.82. The summed E-state index contributed by atoms with van der Waals surface area (Å²) in [5.41, 5.74) is 0.143. The van der Waals surface area contributed by atoms with Gasteiger partial charge in [-0.1, -0.05) is 11.6 Å². The topological polar surface area (TPSA) is 54.0 Å². The zero-order chi connectivity index (χ0) is 12.1. The predicted octanol–water partition coefficient (Wildman–Crippen LogP) is 1.77. The Balaban J connectivity index is 2.73. The molecule has 0 radical (unpaired) electrons. The molecule has 88 valence electrons. The normalized spacial score (nSPS) is 10.3. The molecule has 7 heteroatoms. The van der Waals surface area contributed by atoms with Crippen LogP contribution in [0.2, 0.25) is 5.02 Å². The van der Waals surface area contributed by atoms with E-state index in [2.05, 4.69) is 15.6 Å². The third kappa shape index (κ3) is 3.30. The second-order valence-corrected chi connectivity index (χ2v) is 3.31. The molecule has 1 aromatic rings. The molecular weight excluding hydrogens is 240 g/mol. The highest BCUT2D eigenvalue weighted by Gasteiger charge is 2.11. The summed E-state index contributed by atoms with van der Waals surface area (Å²) in [6, 6.07) is 1.36. The second kappa shape index (κ2) is 5.60. The first-order chi connectivity index (χ1) is 7.54. The molecular formula is C9H10ClF2N3O. The van der Waals surface area contributed by atoms with Crippen molar-refractivity contribution in [2.24, 2.45) is 0 Å². The Kier molecular flexibility index (Phi) is 4.42. The third-order valence-electron chi connectivity index (χ3n) is 1.76. The number of nitrogens with one attached hydrogen (secondary N) is 2. The zero-order valence-corrected chi connectivity index (χ0v) is 9.18. The van der Waals surface area contributed by atoms with E-state index < -0.39 is 18.9 Å². The number of pyridine rings is 1. The molecule has 16 heavy (non-hydrogen) atoms. The average molecular weight is 250 g/mol. The van der Waals surface area contributed by atoms with Crippen LogP contribution >= 0.6 is 11.6 Å². The third-order valence-corrected chi connectivity index (χ3v) is 2.05. The molecule has 0 atom stereocenters. The molecule has 1 rings (SSSR count). The summed E-state index contributed by atoms with van der Waals surface area (Å²) in [7, 11) is 1.63. The molecule has 0 spiro atoms. The van der Waals surface area contributed by atoms with E-state index in [1.165, 1.54) is 12.3 Å². The van der Waals surface area contributed by atoms with Crippen molar-refractivity contribution < 1.29 is 13.6 Å². The smallest absolute Gasteiger partial charge is 0.255 e. The van der Waals surface area contributed by atoms with E-state index in [0.29, 0.717) is 5.82 Å². The summed E-state index contributed by atoms with van der Waals surface area (Å²) >= 11 is 5.78. The monoisotopic (exact) mass is 249 g/mol. The van der Waals surface area contributed by atoms with Gasteiger partial charge in [0.2, 0.25) is 0 Å². The number of rotatable bonds is 4. The Labute approximate surface area is 96.0 Å². The van der Waals surface area contributed by atoms with Gasteiger partial charge in [-0.15, -0.1) is 0 Å². The number of alkyl halides is 2. The van der Waals surface area contributed by atoms with Gasteiger partial charge in [0.1, 0.15) is 5.82 Å². The number of nitrogens with zero attached hydrogens (tertiary/aromatic N) is 1. The standard InChI is InChI=1S/C9H10ClF2N3O/c1-13-8-6(10)2-5(3-14-8)9(16)15-4-7(11)12/h2-3,7H,4H2,1H3,(H,13,14)(H,15,16). The number of halogens is 3. The average Bonchev–Trinajstić information content (AvgIpc) is 2.25. The van der Waals surface area contributed by atoms with Crippen LogP contribution in [0.25, 0.3) is 0 Å². The summed E-state index contributed by atoms with van der Waals surface area (Å²) in [5.74, 6) is -0.204. The second-order valence-electron chi connectivity index (χ2n) is 2.91. The van der Waals surface area contributed by atoms with Crippen molar-refractivity contribution in [1.82, 2.24) is 10.3 Å². The van der Waals surface area contributed by atoms with E-state index >= 15 is 0 Å². The summed E-state index contributed by atoms with van der Waals surface area (Å²) in [6.07, 6.45) is -1.32. The Morgan fingerprint density at radius 1 is 1.62 bits per heavy atom. The van der Waals surface area contributed by atoms with Crippen LogP contribution in [0, 0.1) is 0 Å². The van der Waals surface area contributed by atoms with Gasteiger partial charge in [-0.05, 0) is 6.07 Å². The van der Waals surface area contributed by atoms with Crippen molar-refractivity contribution in [3.8, 4) is 0 Å². The molecule has 0 saturated carbocycles. The highest BCUT2D eigenvalue weighted by molar-refractivity contribution is 6.33. The van der Waals surface area contributed by atoms with Gasteiger partial charge in [-0.25, -0.2) is 13.8 Å². The molecule has 0 aliphatic heterocycles. The van der Waals surface area contributed by atoms with Crippen LogP contribution in [0.1, 0.15) is 10.4 Å². The van der Waals surface area contributed by atoms with Gasteiger partial charge in [-0.2, -0.15) is 0 Å². The van der Waals surface area contributed by atoms with Crippen molar-refractivity contribution in [2.45, 2.75) is 6.43 Å². The Bertz CT molecular complexity index is 387. The predicted molar refractivity (Wildman–Crippen MR) is 57.1 cm³/mol. The van der Waals surface area contributed by atoms with E-state index in [0.717, 1.165) is 0 Å². The Morgan fingerprint density at radius 2 is 2.31 bits per heavy atom. The van der Waals surface area contributed by atoms with E-state index in [1.54, 1.807) is 7.05 Å². The molecule has 0 saturated heterocycles. The largest absolute Gasteiger partial charge is 0.372 e. The number of amides is 1. The fourth-order valence-corrected chi connectivity index (χ4v) is 1.28. The lowest BCUT2D eigenvalue weighted by Gasteiger charge is -2.06. The fraction of sp³-hybridized carbons (Fsp3) is 0.333. The summed E-state index contributed by atoms with van der Waals surface area (Å²) in [4.78, 5) is 15.2. The maximum atomic E-state index is 11.8. The molecule has 4 nitrogen and oxygen atoms in total. The van der Waals surface area contributed by atoms with Gasteiger partial charge in [0.25, 0.3) is 12.3 Å². The molecule has 2 N–H and O–H groups in total. The maximum Gasteiger partial charge on any atom is 0.255 e. The quantitative estimate of drug-likeness (QED) is 0.855. The first-order valence-electron chi connectivity index (χ1n) is 4.44. The summed E-state index contributed by atoms with van der Waals surface area (Å²) in [6.45, 7) is -0.690. The van der Waals surface area contributed by atoms with Crippen molar-refractivity contribution >= 4 is 23.3 Å². The summed E-state index contributed by atoms with van der Waals surface area (Å²) in [5, 5.41) is 5.03. The first kappa shape index (κ1) is 12.6. The number of carbonyl (C=O) groups is 1. The molecule has 0 aliphatic carbocycles. The van der Waals surface area contributed by atoms with Crippen LogP contribution in [0.15, 0.2) is 12.3 Å². The molecule has 1 heterocycles. The summed E-state index contributed by atoms with van der Waals surface area (Å²) < 4.78 is 23.7. The molecule has 1 aromatic heterocycles. The van der Waals surface area contributed by atoms with Crippen LogP contribution in [-0.2, 0) is 0 Å². The van der Waals surface area contributed by atoms with Gasteiger partial charge in [0.15, 0.2) is 0 Å². The van der Waals surface area contributed by atoms with E-state index in [9.17, 15) is 13.6 Å². The minimum absolute atomic E-state index is 0.143. The van der Waals surface area contributed by atoms with Crippen LogP contribution in [0.3, 0.4) is 0 Å². The van der Waals surface area contributed by atoms with Crippen molar-refractivity contribution in [3.05, 3.63) is 22.8 Å². The lowest BCUT2D eigenvalue weighted by molar-refractivity contribution is 0.0891. The van der Waals surface area contributed by atoms with Crippen LogP contribution in [0.5, 0.6) is 0 Å². The molecule has 0 unspecified atom stereocenters. The molecule has 1 amide bonds. The number of carbonyl (C=O) groups excluding carboxylic acids is 1. The number of anilines is 1.